The van der Waals surface area contributed by atoms with Gasteiger partial charge in [-0.05, 0) is 75.7 Å². The summed E-state index contributed by atoms with van der Waals surface area (Å²) in [5, 5.41) is 0.589. The van der Waals surface area contributed by atoms with Crippen LogP contribution in [0.2, 0.25) is 0 Å². The second-order valence-electron chi connectivity index (χ2n) is 9.77. The number of esters is 1. The van der Waals surface area contributed by atoms with Gasteiger partial charge in [0.2, 0.25) is 0 Å². The van der Waals surface area contributed by atoms with Crippen LogP contribution in [-0.4, -0.2) is 5.97 Å². The molecule has 178 valence electrons. The zero-order valence-corrected chi connectivity index (χ0v) is 21.0. The average molecular weight is 459 g/mol. The van der Waals surface area contributed by atoms with Crippen molar-refractivity contribution in [2.45, 2.75) is 60.8 Å². The number of allylic oxidation sites excluding steroid dienone is 9. The number of carbonyl (C=O) groups is 1. The quantitative estimate of drug-likeness (QED) is 0.194. The van der Waals surface area contributed by atoms with E-state index in [0.29, 0.717) is 11.0 Å². The highest BCUT2D eigenvalue weighted by atomic mass is 16.5. The highest BCUT2D eigenvalue weighted by molar-refractivity contribution is 5.90. The first kappa shape index (κ1) is 25.2. The topological polar surface area (TPSA) is 56.5 Å². The number of rotatable bonds is 6. The summed E-state index contributed by atoms with van der Waals surface area (Å²) in [6.07, 6.45) is 15.3. The van der Waals surface area contributed by atoms with Crippen molar-refractivity contribution in [2.24, 2.45) is 5.41 Å². The molecule has 0 bridgehead atoms. The zero-order valence-electron chi connectivity index (χ0n) is 21.0. The van der Waals surface area contributed by atoms with Crippen molar-refractivity contribution in [3.05, 3.63) is 99.0 Å². The summed E-state index contributed by atoms with van der Waals surface area (Å²) in [7, 11) is 0. The molecule has 1 heterocycles. The Kier molecular flexibility index (Phi) is 7.93. The third-order valence-corrected chi connectivity index (χ3v) is 6.19. The van der Waals surface area contributed by atoms with E-state index in [2.05, 4.69) is 39.8 Å². The van der Waals surface area contributed by atoms with E-state index < -0.39 is 11.6 Å². The maximum Gasteiger partial charge on any atom is 0.339 e. The van der Waals surface area contributed by atoms with Gasteiger partial charge in [-0.2, -0.15) is 0 Å². The van der Waals surface area contributed by atoms with Gasteiger partial charge in [0.15, 0.2) is 0 Å². The molecule has 0 amide bonds. The standard InChI is InChI=1S/C30H34O4/c1-20(12-14-25-23(4)11-8-16-30(25,5)6)9-7-10-21(2)18-28(31)34-27-19-29(32)33-26-15-13-22(3)17-24(26)27/h7,9-10,12-15,17-19H,8,11,16H2,1-6H3. The molecule has 0 radical (unpaired) electrons. The van der Waals surface area contributed by atoms with Crippen molar-refractivity contribution in [1.29, 1.82) is 0 Å². The van der Waals surface area contributed by atoms with Gasteiger partial charge in [-0.25, -0.2) is 9.59 Å². The predicted octanol–water partition coefficient (Wildman–Crippen LogP) is 7.54. The third kappa shape index (κ3) is 6.57. The molecule has 34 heavy (non-hydrogen) atoms. The minimum atomic E-state index is -0.559. The Labute approximate surface area is 202 Å². The monoisotopic (exact) mass is 458 g/mol. The minimum absolute atomic E-state index is 0.198. The Balaban J connectivity index is 1.68. The number of fused-ring (bicyclic) bond motifs is 1. The first-order chi connectivity index (χ1) is 16.0. The Morgan fingerprint density at radius 3 is 2.59 bits per heavy atom. The fraction of sp³-hybridized carbons (Fsp3) is 0.333. The van der Waals surface area contributed by atoms with E-state index in [-0.39, 0.29) is 11.2 Å². The van der Waals surface area contributed by atoms with Crippen LogP contribution in [-0.2, 0) is 4.79 Å². The number of carbonyl (C=O) groups excluding carboxylic acids is 1. The van der Waals surface area contributed by atoms with E-state index in [0.717, 1.165) is 16.7 Å². The molecule has 1 aromatic carbocycles. The highest BCUT2D eigenvalue weighted by Crippen LogP contribution is 2.40. The second kappa shape index (κ2) is 10.7. The lowest BCUT2D eigenvalue weighted by Gasteiger charge is -2.32. The molecule has 0 spiro atoms. The van der Waals surface area contributed by atoms with E-state index in [1.807, 2.05) is 44.2 Å². The molecule has 0 saturated carbocycles. The van der Waals surface area contributed by atoms with Crippen molar-refractivity contribution in [3.8, 4) is 5.75 Å². The summed E-state index contributed by atoms with van der Waals surface area (Å²) in [5.74, 6) is -0.345. The molecule has 0 aliphatic heterocycles. The molecule has 0 fully saturated rings. The number of ether oxygens (including phenoxy) is 1. The molecule has 0 unspecified atom stereocenters. The van der Waals surface area contributed by atoms with Gasteiger partial charge in [0.25, 0.3) is 0 Å². The third-order valence-electron chi connectivity index (χ3n) is 6.19. The largest absolute Gasteiger partial charge is 0.422 e. The van der Waals surface area contributed by atoms with Crippen molar-refractivity contribution in [3.63, 3.8) is 0 Å². The molecule has 0 N–H and O–H groups in total. The van der Waals surface area contributed by atoms with Gasteiger partial charge in [0.1, 0.15) is 11.3 Å². The minimum Gasteiger partial charge on any atom is -0.422 e. The molecule has 2 aromatic rings. The number of benzene rings is 1. The van der Waals surface area contributed by atoms with E-state index in [1.54, 1.807) is 6.07 Å². The van der Waals surface area contributed by atoms with Crippen LogP contribution in [0.1, 0.15) is 59.4 Å². The average Bonchev–Trinajstić information content (AvgIpc) is 2.73. The lowest BCUT2D eigenvalue weighted by atomic mass is 9.72. The highest BCUT2D eigenvalue weighted by Gasteiger charge is 2.26. The molecule has 4 nitrogen and oxygen atoms in total. The van der Waals surface area contributed by atoms with Crippen LogP contribution < -0.4 is 10.4 Å². The van der Waals surface area contributed by atoms with Gasteiger partial charge in [0, 0.05) is 6.08 Å². The van der Waals surface area contributed by atoms with Gasteiger partial charge >= 0.3 is 11.6 Å². The van der Waals surface area contributed by atoms with E-state index in [1.165, 1.54) is 42.6 Å². The maximum atomic E-state index is 12.4. The Bertz CT molecular complexity index is 1290. The summed E-state index contributed by atoms with van der Waals surface area (Å²) >= 11 is 0. The fourth-order valence-electron chi connectivity index (χ4n) is 4.34. The first-order valence-corrected chi connectivity index (χ1v) is 11.7. The SMILES string of the molecule is CC(C=CC1=C(C)CCCC1(C)C)=CC=CC(C)=CC(=O)Oc1cc(=O)oc2ccc(C)cc12. The Hall–Kier alpha value is -3.40. The van der Waals surface area contributed by atoms with Crippen molar-refractivity contribution in [1.82, 2.24) is 0 Å². The van der Waals surface area contributed by atoms with Gasteiger partial charge < -0.3 is 9.15 Å². The van der Waals surface area contributed by atoms with Crippen LogP contribution >= 0.6 is 0 Å². The smallest absolute Gasteiger partial charge is 0.339 e. The predicted molar refractivity (Wildman–Crippen MR) is 139 cm³/mol. The van der Waals surface area contributed by atoms with Gasteiger partial charge in [-0.1, -0.05) is 67.0 Å². The summed E-state index contributed by atoms with van der Waals surface area (Å²) in [6.45, 7) is 12.7. The van der Waals surface area contributed by atoms with E-state index in [4.69, 9.17) is 9.15 Å². The molecule has 1 aromatic heterocycles. The van der Waals surface area contributed by atoms with Crippen LogP contribution in [0.25, 0.3) is 11.0 Å². The zero-order chi connectivity index (χ0) is 24.9. The number of hydrogen-bond donors (Lipinski definition) is 0. The van der Waals surface area contributed by atoms with Crippen molar-refractivity contribution >= 4 is 16.9 Å². The van der Waals surface area contributed by atoms with Crippen molar-refractivity contribution in [2.75, 3.05) is 0 Å². The molecule has 3 rings (SSSR count). The van der Waals surface area contributed by atoms with E-state index in [9.17, 15) is 9.59 Å². The molecule has 4 heteroatoms. The summed E-state index contributed by atoms with van der Waals surface area (Å²) < 4.78 is 10.6. The number of aryl methyl sites for hydroxylation is 1. The summed E-state index contributed by atoms with van der Waals surface area (Å²) in [4.78, 5) is 24.2. The molecule has 0 atom stereocenters. The van der Waals surface area contributed by atoms with Gasteiger partial charge in [-0.15, -0.1) is 0 Å². The molecular formula is C30H34O4. The van der Waals surface area contributed by atoms with Crippen molar-refractivity contribution < 1.29 is 13.9 Å². The normalized spacial score (nSPS) is 17.2. The Morgan fingerprint density at radius 2 is 1.85 bits per heavy atom. The van der Waals surface area contributed by atoms with Gasteiger partial charge in [-0.3, -0.25) is 0 Å². The molecule has 0 saturated heterocycles. The lowest BCUT2D eigenvalue weighted by molar-refractivity contribution is -0.128. The van der Waals surface area contributed by atoms with E-state index >= 15 is 0 Å². The number of hydrogen-bond acceptors (Lipinski definition) is 4. The maximum absolute atomic E-state index is 12.4. The van der Waals surface area contributed by atoms with Crippen LogP contribution in [0.3, 0.4) is 0 Å². The first-order valence-electron chi connectivity index (χ1n) is 11.7. The lowest BCUT2D eigenvalue weighted by Crippen LogP contribution is -2.19. The van der Waals surface area contributed by atoms with Crippen LogP contribution in [0, 0.1) is 12.3 Å². The van der Waals surface area contributed by atoms with Gasteiger partial charge in [0.05, 0.1) is 11.5 Å². The van der Waals surface area contributed by atoms with Crippen LogP contribution in [0.15, 0.2) is 92.2 Å². The summed E-state index contributed by atoms with van der Waals surface area (Å²) in [5.41, 5.74) is 5.81. The summed E-state index contributed by atoms with van der Waals surface area (Å²) in [6, 6.07) is 6.56. The molecule has 1 aliphatic rings. The van der Waals surface area contributed by atoms with Crippen LogP contribution in [0.5, 0.6) is 5.75 Å². The fourth-order valence-corrected chi connectivity index (χ4v) is 4.34. The molecular weight excluding hydrogens is 424 g/mol. The molecule has 1 aliphatic carbocycles. The second-order valence-corrected chi connectivity index (χ2v) is 9.77. The Morgan fingerprint density at radius 1 is 1.09 bits per heavy atom. The van der Waals surface area contributed by atoms with Crippen LogP contribution in [0.4, 0.5) is 0 Å².